The fourth-order valence-corrected chi connectivity index (χ4v) is 2.29. The van der Waals surface area contributed by atoms with E-state index in [2.05, 4.69) is 5.32 Å². The summed E-state index contributed by atoms with van der Waals surface area (Å²) in [6.07, 6.45) is 1.41. The topological polar surface area (TPSA) is 75.6 Å². The summed E-state index contributed by atoms with van der Waals surface area (Å²) in [4.78, 5) is 22.9. The number of aliphatic carboxylic acids is 1. The minimum absolute atomic E-state index is 0.0480. The van der Waals surface area contributed by atoms with E-state index in [0.29, 0.717) is 25.1 Å². The first-order valence-corrected chi connectivity index (χ1v) is 7.35. The molecule has 0 aliphatic carbocycles. The van der Waals surface area contributed by atoms with E-state index < -0.39 is 5.97 Å². The summed E-state index contributed by atoms with van der Waals surface area (Å²) in [5.74, 6) is 0.258. The lowest BCUT2D eigenvalue weighted by Crippen LogP contribution is -2.26. The van der Waals surface area contributed by atoms with Crippen LogP contribution in [0.25, 0.3) is 0 Å². The molecule has 6 heteroatoms. The third kappa shape index (κ3) is 7.04. The molecule has 0 spiro atoms. The molecule has 2 N–H and O–H groups in total. The second kappa shape index (κ2) is 9.25. The molecule has 1 amide bonds. The molecule has 0 saturated carbocycles. The Bertz CT molecular complexity index is 451. The predicted molar refractivity (Wildman–Crippen MR) is 78.2 cm³/mol. The molecule has 0 aliphatic heterocycles. The number of carbonyl (C=O) groups excluding carboxylic acids is 1. The molecule has 0 aromatic heterocycles. The van der Waals surface area contributed by atoms with E-state index in [9.17, 15) is 9.59 Å². The van der Waals surface area contributed by atoms with Crippen LogP contribution < -0.4 is 10.1 Å². The average Bonchev–Trinajstić information content (AvgIpc) is 2.44. The zero-order valence-corrected chi connectivity index (χ0v) is 12.2. The predicted octanol–water partition coefficient (Wildman–Crippen LogP) is 2.16. The number of amides is 1. The molecular formula is C14H19NO4S. The fourth-order valence-electron chi connectivity index (χ4n) is 1.52. The molecular weight excluding hydrogens is 278 g/mol. The highest BCUT2D eigenvalue weighted by Crippen LogP contribution is 2.22. The Kier molecular flexibility index (Phi) is 7.57. The highest BCUT2D eigenvalue weighted by Gasteiger charge is 2.03. The van der Waals surface area contributed by atoms with Crippen LogP contribution in [0.15, 0.2) is 29.2 Å². The van der Waals surface area contributed by atoms with Gasteiger partial charge in [-0.3, -0.25) is 9.59 Å². The quantitative estimate of drug-likeness (QED) is 0.539. The molecule has 0 saturated heterocycles. The van der Waals surface area contributed by atoms with Gasteiger partial charge >= 0.3 is 5.97 Å². The highest BCUT2D eigenvalue weighted by atomic mass is 32.2. The molecule has 0 unspecified atom stereocenters. The zero-order valence-electron chi connectivity index (χ0n) is 11.4. The molecule has 0 bridgehead atoms. The smallest absolute Gasteiger partial charge is 0.303 e. The molecule has 5 nitrogen and oxygen atoms in total. The van der Waals surface area contributed by atoms with E-state index >= 15 is 0 Å². The van der Waals surface area contributed by atoms with E-state index in [1.54, 1.807) is 7.11 Å². The summed E-state index contributed by atoms with van der Waals surface area (Å²) in [5, 5.41) is 11.2. The first kappa shape index (κ1) is 16.4. The number of thioether (sulfide) groups is 1. The van der Waals surface area contributed by atoms with Crippen LogP contribution in [-0.2, 0) is 9.59 Å². The lowest BCUT2D eigenvalue weighted by atomic mass is 10.2. The van der Waals surface area contributed by atoms with Crippen molar-refractivity contribution in [3.05, 3.63) is 24.3 Å². The number of hydrogen-bond donors (Lipinski definition) is 2. The minimum Gasteiger partial charge on any atom is -0.497 e. The van der Waals surface area contributed by atoms with Crippen molar-refractivity contribution in [3.63, 3.8) is 0 Å². The van der Waals surface area contributed by atoms with Crippen molar-refractivity contribution in [1.29, 1.82) is 0 Å². The molecule has 1 aromatic carbocycles. The van der Waals surface area contributed by atoms with Gasteiger partial charge in [0.2, 0.25) is 5.91 Å². The van der Waals surface area contributed by atoms with Crippen molar-refractivity contribution < 1.29 is 19.4 Å². The number of methoxy groups -OCH3 is 1. The second-order valence-electron chi connectivity index (χ2n) is 4.17. The van der Waals surface area contributed by atoms with Crippen molar-refractivity contribution >= 4 is 23.6 Å². The van der Waals surface area contributed by atoms with E-state index in [0.717, 1.165) is 10.6 Å². The maximum absolute atomic E-state index is 11.6. The van der Waals surface area contributed by atoms with Gasteiger partial charge in [0.25, 0.3) is 0 Å². The molecule has 1 rings (SSSR count). The van der Waals surface area contributed by atoms with E-state index in [1.165, 1.54) is 11.8 Å². The summed E-state index contributed by atoms with van der Waals surface area (Å²) in [6, 6.07) is 7.54. The molecule has 20 heavy (non-hydrogen) atoms. The Morgan fingerprint density at radius 3 is 2.85 bits per heavy atom. The summed E-state index contributed by atoms with van der Waals surface area (Å²) in [5.41, 5.74) is 0. The number of unbranched alkanes of at least 4 members (excludes halogenated alkanes) is 1. The van der Waals surface area contributed by atoms with Gasteiger partial charge < -0.3 is 15.2 Å². The van der Waals surface area contributed by atoms with Crippen LogP contribution in [0.1, 0.15) is 19.3 Å². The molecule has 0 radical (unpaired) electrons. The minimum atomic E-state index is -0.801. The SMILES string of the molecule is COc1cccc(SCC(=O)NCCCCC(=O)O)c1. The van der Waals surface area contributed by atoms with Gasteiger partial charge in [0.15, 0.2) is 0 Å². The Morgan fingerprint density at radius 1 is 1.35 bits per heavy atom. The van der Waals surface area contributed by atoms with Gasteiger partial charge in [-0.05, 0) is 31.0 Å². The third-order valence-corrected chi connectivity index (χ3v) is 3.54. The zero-order chi connectivity index (χ0) is 14.8. The van der Waals surface area contributed by atoms with Gasteiger partial charge in [0, 0.05) is 17.9 Å². The van der Waals surface area contributed by atoms with Gasteiger partial charge in [-0.1, -0.05) is 6.07 Å². The van der Waals surface area contributed by atoms with Crippen molar-refractivity contribution in [3.8, 4) is 5.75 Å². The summed E-state index contributed by atoms with van der Waals surface area (Å²) >= 11 is 1.44. The Hall–Kier alpha value is -1.69. The lowest BCUT2D eigenvalue weighted by molar-refractivity contribution is -0.137. The highest BCUT2D eigenvalue weighted by molar-refractivity contribution is 8.00. The van der Waals surface area contributed by atoms with Crippen LogP contribution >= 0.6 is 11.8 Å². The molecule has 0 heterocycles. The molecule has 1 aromatic rings. The number of ether oxygens (including phenoxy) is 1. The Balaban J connectivity index is 2.17. The molecule has 0 fully saturated rings. The number of benzene rings is 1. The number of nitrogens with one attached hydrogen (secondary N) is 1. The van der Waals surface area contributed by atoms with Gasteiger partial charge in [-0.25, -0.2) is 0 Å². The Labute approximate surface area is 122 Å². The number of carboxylic acids is 1. The van der Waals surface area contributed by atoms with Gasteiger partial charge in [0.05, 0.1) is 12.9 Å². The molecule has 0 atom stereocenters. The van der Waals surface area contributed by atoms with Crippen LogP contribution in [0.3, 0.4) is 0 Å². The maximum atomic E-state index is 11.6. The summed E-state index contributed by atoms with van der Waals surface area (Å²) < 4.78 is 5.11. The number of carbonyl (C=O) groups is 2. The fraction of sp³-hybridized carbons (Fsp3) is 0.429. The Morgan fingerprint density at radius 2 is 2.15 bits per heavy atom. The number of rotatable bonds is 9. The third-order valence-electron chi connectivity index (χ3n) is 2.55. The second-order valence-corrected chi connectivity index (χ2v) is 5.22. The van der Waals surface area contributed by atoms with Crippen LogP contribution in [0.5, 0.6) is 5.75 Å². The van der Waals surface area contributed by atoms with Gasteiger partial charge in [-0.2, -0.15) is 0 Å². The van der Waals surface area contributed by atoms with Crippen LogP contribution in [-0.4, -0.2) is 36.4 Å². The van der Waals surface area contributed by atoms with Gasteiger partial charge in [0.1, 0.15) is 5.75 Å². The van der Waals surface area contributed by atoms with Crippen LogP contribution in [0.4, 0.5) is 0 Å². The van der Waals surface area contributed by atoms with Crippen LogP contribution in [0, 0.1) is 0 Å². The van der Waals surface area contributed by atoms with Crippen molar-refractivity contribution in [2.75, 3.05) is 19.4 Å². The van der Waals surface area contributed by atoms with Gasteiger partial charge in [-0.15, -0.1) is 11.8 Å². The van der Waals surface area contributed by atoms with Crippen molar-refractivity contribution in [2.24, 2.45) is 0 Å². The number of hydrogen-bond acceptors (Lipinski definition) is 4. The van der Waals surface area contributed by atoms with Crippen molar-refractivity contribution in [2.45, 2.75) is 24.2 Å². The average molecular weight is 297 g/mol. The maximum Gasteiger partial charge on any atom is 0.303 e. The lowest BCUT2D eigenvalue weighted by Gasteiger charge is -2.06. The number of carboxylic acid groups (broad SMARTS) is 1. The summed E-state index contributed by atoms with van der Waals surface area (Å²) in [7, 11) is 1.60. The first-order chi connectivity index (χ1) is 9.61. The molecule has 0 aliphatic rings. The van der Waals surface area contributed by atoms with Crippen LogP contribution in [0.2, 0.25) is 0 Å². The standard InChI is InChI=1S/C14H19NO4S/c1-19-11-5-4-6-12(9-11)20-10-13(16)15-8-3-2-7-14(17)18/h4-6,9H,2-3,7-8,10H2,1H3,(H,15,16)(H,17,18). The molecule has 110 valence electrons. The monoisotopic (exact) mass is 297 g/mol. The van der Waals surface area contributed by atoms with Crippen molar-refractivity contribution in [1.82, 2.24) is 5.32 Å². The van der Waals surface area contributed by atoms with E-state index in [-0.39, 0.29) is 12.3 Å². The van der Waals surface area contributed by atoms with E-state index in [4.69, 9.17) is 9.84 Å². The first-order valence-electron chi connectivity index (χ1n) is 6.37. The normalized spacial score (nSPS) is 10.1. The van der Waals surface area contributed by atoms with E-state index in [1.807, 2.05) is 24.3 Å². The largest absolute Gasteiger partial charge is 0.497 e. The summed E-state index contributed by atoms with van der Waals surface area (Å²) in [6.45, 7) is 0.519.